The van der Waals surface area contributed by atoms with Crippen molar-refractivity contribution < 1.29 is 23.0 Å². The number of nitrogens with zero attached hydrogens (tertiary/aromatic N) is 7. The Morgan fingerprint density at radius 3 is 2.64 bits per heavy atom. The zero-order valence-electron chi connectivity index (χ0n) is 21.6. The summed E-state index contributed by atoms with van der Waals surface area (Å²) in [5, 5.41) is 13.7. The van der Waals surface area contributed by atoms with Gasteiger partial charge < -0.3 is 14.2 Å². The van der Waals surface area contributed by atoms with Gasteiger partial charge in [-0.25, -0.2) is 18.0 Å². The minimum atomic E-state index is -0.879. The standard InChI is InChI=1S/C26H28ClF2N7O3/c1-15-24(32-33-36(15)18-3-5-34(6-4-18)19-12-38-13-19)16-7-22(26-20(27)10-31-35(26)11-16)39-14-23(37-2)25-21(29)8-17(28)9-30-25/h7-11,18-19,23H,3-6,12-14H2,1-2H3. The SMILES string of the molecule is COC(COc1cc(-c2nnn(C3CCN(C4COC4)CC3)c2C)cn2ncc(Cl)c12)c1ncc(F)cc1F. The van der Waals surface area contributed by atoms with Gasteiger partial charge in [-0.3, -0.25) is 9.88 Å². The molecule has 206 valence electrons. The zero-order valence-corrected chi connectivity index (χ0v) is 22.3. The van der Waals surface area contributed by atoms with Crippen LogP contribution < -0.4 is 4.74 Å². The van der Waals surface area contributed by atoms with Gasteiger partial charge in [-0.05, 0) is 25.8 Å². The summed E-state index contributed by atoms with van der Waals surface area (Å²) >= 11 is 6.42. The predicted molar refractivity (Wildman–Crippen MR) is 138 cm³/mol. The molecule has 2 aliphatic rings. The first kappa shape index (κ1) is 26.1. The third-order valence-corrected chi connectivity index (χ3v) is 7.81. The van der Waals surface area contributed by atoms with Crippen LogP contribution in [0.4, 0.5) is 8.78 Å². The van der Waals surface area contributed by atoms with E-state index in [-0.39, 0.29) is 18.3 Å². The van der Waals surface area contributed by atoms with Gasteiger partial charge in [0.1, 0.15) is 47.0 Å². The Morgan fingerprint density at radius 1 is 1.15 bits per heavy atom. The topological polar surface area (TPSA) is 91.8 Å². The molecule has 0 N–H and O–H groups in total. The number of hydrogen-bond acceptors (Lipinski definition) is 8. The average molecular weight is 560 g/mol. The highest BCUT2D eigenvalue weighted by molar-refractivity contribution is 6.34. The van der Waals surface area contributed by atoms with E-state index in [0.29, 0.717) is 28.0 Å². The summed E-state index contributed by atoms with van der Waals surface area (Å²) < 4.78 is 48.2. The fourth-order valence-electron chi connectivity index (χ4n) is 5.26. The number of pyridine rings is 2. The summed E-state index contributed by atoms with van der Waals surface area (Å²) in [6, 6.07) is 3.38. The van der Waals surface area contributed by atoms with E-state index in [0.717, 1.165) is 62.7 Å². The van der Waals surface area contributed by atoms with Crippen LogP contribution in [0.15, 0.2) is 30.7 Å². The Bertz CT molecular complexity index is 1480. The Hall–Kier alpha value is -3.19. The van der Waals surface area contributed by atoms with E-state index < -0.39 is 17.7 Å². The van der Waals surface area contributed by atoms with Crippen molar-refractivity contribution in [2.75, 3.05) is 40.0 Å². The van der Waals surface area contributed by atoms with Crippen molar-refractivity contribution >= 4 is 17.1 Å². The number of piperidine rings is 1. The van der Waals surface area contributed by atoms with Crippen LogP contribution in [0.1, 0.15) is 36.4 Å². The molecule has 2 fully saturated rings. The molecule has 2 aliphatic heterocycles. The first-order chi connectivity index (χ1) is 18.9. The molecule has 0 spiro atoms. The van der Waals surface area contributed by atoms with E-state index >= 15 is 0 Å². The van der Waals surface area contributed by atoms with E-state index in [4.69, 9.17) is 25.8 Å². The second-order valence-corrected chi connectivity index (χ2v) is 10.3. The van der Waals surface area contributed by atoms with Crippen molar-refractivity contribution in [3.05, 3.63) is 58.8 Å². The van der Waals surface area contributed by atoms with Gasteiger partial charge in [0.15, 0.2) is 0 Å². The van der Waals surface area contributed by atoms with Crippen molar-refractivity contribution in [2.45, 2.75) is 38.0 Å². The maximum atomic E-state index is 14.3. The van der Waals surface area contributed by atoms with Crippen LogP contribution in [0.2, 0.25) is 5.02 Å². The maximum absolute atomic E-state index is 14.3. The van der Waals surface area contributed by atoms with Crippen molar-refractivity contribution in [3.8, 4) is 17.0 Å². The normalized spacial score (nSPS) is 18.0. The summed E-state index contributed by atoms with van der Waals surface area (Å²) in [5.74, 6) is -1.18. The molecular formula is C26H28ClF2N7O3. The van der Waals surface area contributed by atoms with E-state index in [1.165, 1.54) is 13.3 Å². The lowest BCUT2D eigenvalue weighted by Crippen LogP contribution is -2.52. The van der Waals surface area contributed by atoms with Gasteiger partial charge in [0.2, 0.25) is 0 Å². The van der Waals surface area contributed by atoms with Gasteiger partial charge >= 0.3 is 0 Å². The Balaban J connectivity index is 1.25. The number of rotatable bonds is 8. The molecule has 4 aromatic rings. The minimum absolute atomic E-state index is 0.0552. The van der Waals surface area contributed by atoms with Crippen LogP contribution in [-0.4, -0.2) is 80.6 Å². The summed E-state index contributed by atoms with van der Waals surface area (Å²) in [4.78, 5) is 6.34. The molecule has 6 rings (SSSR count). The van der Waals surface area contributed by atoms with E-state index in [2.05, 4.69) is 25.3 Å². The van der Waals surface area contributed by atoms with Crippen molar-refractivity contribution in [2.24, 2.45) is 0 Å². The molecule has 0 aromatic carbocycles. The summed E-state index contributed by atoms with van der Waals surface area (Å²) in [6.45, 7) is 5.57. The van der Waals surface area contributed by atoms with Gasteiger partial charge in [-0.2, -0.15) is 5.10 Å². The van der Waals surface area contributed by atoms with Crippen LogP contribution in [0.5, 0.6) is 5.75 Å². The molecule has 0 radical (unpaired) electrons. The summed E-state index contributed by atoms with van der Waals surface area (Å²) in [7, 11) is 1.41. The lowest BCUT2D eigenvalue weighted by molar-refractivity contribution is -0.0735. The van der Waals surface area contributed by atoms with E-state index in [1.54, 1.807) is 4.52 Å². The fraction of sp³-hybridized carbons (Fsp3) is 0.462. The molecule has 4 aromatic heterocycles. The second-order valence-electron chi connectivity index (χ2n) is 9.86. The highest BCUT2D eigenvalue weighted by atomic mass is 35.5. The molecule has 0 saturated carbocycles. The molecule has 0 aliphatic carbocycles. The van der Waals surface area contributed by atoms with Gasteiger partial charge in [0.05, 0.1) is 48.4 Å². The van der Waals surface area contributed by atoms with Crippen LogP contribution in [0.3, 0.4) is 0 Å². The molecule has 6 heterocycles. The molecule has 10 nitrogen and oxygen atoms in total. The van der Waals surface area contributed by atoms with Crippen LogP contribution in [0.25, 0.3) is 16.8 Å². The lowest BCUT2D eigenvalue weighted by Gasteiger charge is -2.41. The predicted octanol–water partition coefficient (Wildman–Crippen LogP) is 4.03. The molecule has 2 saturated heterocycles. The Morgan fingerprint density at radius 2 is 1.95 bits per heavy atom. The first-order valence-electron chi connectivity index (χ1n) is 12.8. The van der Waals surface area contributed by atoms with Crippen molar-refractivity contribution in [1.82, 2.24) is 34.5 Å². The Labute approximate surface area is 228 Å². The van der Waals surface area contributed by atoms with E-state index in [1.807, 2.05) is 23.9 Å². The van der Waals surface area contributed by atoms with Gasteiger partial charge in [0, 0.05) is 38.0 Å². The maximum Gasteiger partial charge on any atom is 0.150 e. The van der Waals surface area contributed by atoms with Crippen molar-refractivity contribution in [3.63, 3.8) is 0 Å². The number of hydrogen-bond donors (Lipinski definition) is 0. The highest BCUT2D eigenvalue weighted by Crippen LogP contribution is 2.35. The van der Waals surface area contributed by atoms with Crippen LogP contribution in [-0.2, 0) is 9.47 Å². The lowest BCUT2D eigenvalue weighted by atomic mass is 10.0. The smallest absolute Gasteiger partial charge is 0.150 e. The first-order valence-corrected chi connectivity index (χ1v) is 13.2. The molecule has 13 heteroatoms. The summed E-state index contributed by atoms with van der Waals surface area (Å²) in [6.07, 6.45) is 5.39. The third kappa shape index (κ3) is 4.97. The molecule has 39 heavy (non-hydrogen) atoms. The van der Waals surface area contributed by atoms with Gasteiger partial charge in [-0.1, -0.05) is 16.8 Å². The van der Waals surface area contributed by atoms with E-state index in [9.17, 15) is 8.78 Å². The number of halogens is 3. The average Bonchev–Trinajstić information content (AvgIpc) is 3.47. The molecule has 1 atom stereocenters. The number of fused-ring (bicyclic) bond motifs is 1. The van der Waals surface area contributed by atoms with Crippen molar-refractivity contribution in [1.29, 1.82) is 0 Å². The fourth-order valence-corrected chi connectivity index (χ4v) is 5.48. The molecule has 1 unspecified atom stereocenters. The molecule has 0 amide bonds. The highest BCUT2D eigenvalue weighted by Gasteiger charge is 2.31. The number of likely N-dealkylation sites (tertiary alicyclic amines) is 1. The molecule has 0 bridgehead atoms. The van der Waals surface area contributed by atoms with Crippen LogP contribution in [0, 0.1) is 18.6 Å². The number of methoxy groups -OCH3 is 1. The second kappa shape index (κ2) is 10.8. The summed E-state index contributed by atoms with van der Waals surface area (Å²) in [5.41, 5.74) is 2.87. The van der Waals surface area contributed by atoms with Crippen LogP contribution >= 0.6 is 11.6 Å². The van der Waals surface area contributed by atoms with Gasteiger partial charge in [0.25, 0.3) is 0 Å². The molecular weight excluding hydrogens is 532 g/mol. The monoisotopic (exact) mass is 559 g/mol. The Kier molecular flexibility index (Phi) is 7.19. The minimum Gasteiger partial charge on any atom is -0.488 e. The number of ether oxygens (including phenoxy) is 3. The quantitative estimate of drug-likeness (QED) is 0.320. The zero-order chi connectivity index (χ0) is 27.1. The number of aromatic nitrogens is 6. The van der Waals surface area contributed by atoms with Gasteiger partial charge in [-0.15, -0.1) is 5.10 Å². The largest absolute Gasteiger partial charge is 0.488 e. The third-order valence-electron chi connectivity index (χ3n) is 7.53.